The van der Waals surface area contributed by atoms with Crippen LogP contribution in [0.1, 0.15) is 25.3 Å². The lowest BCUT2D eigenvalue weighted by Gasteiger charge is -2.28. The molecule has 0 bridgehead atoms. The molecule has 1 fully saturated rings. The van der Waals surface area contributed by atoms with Crippen LogP contribution in [-0.4, -0.2) is 33.8 Å². The van der Waals surface area contributed by atoms with Gasteiger partial charge >= 0.3 is 0 Å². The number of rotatable bonds is 4. The van der Waals surface area contributed by atoms with Crippen molar-refractivity contribution in [2.45, 2.75) is 24.7 Å². The Morgan fingerprint density at radius 1 is 1.09 bits per heavy atom. The Labute approximate surface area is 138 Å². The minimum absolute atomic E-state index is 0.138. The zero-order chi connectivity index (χ0) is 16.3. The monoisotopic (exact) mass is 332 g/mol. The van der Waals surface area contributed by atoms with Crippen molar-refractivity contribution in [1.29, 1.82) is 0 Å². The van der Waals surface area contributed by atoms with Gasteiger partial charge in [-0.1, -0.05) is 25.1 Å². The average molecular weight is 332 g/mol. The van der Waals surface area contributed by atoms with E-state index in [1.165, 1.54) is 24.1 Å². The van der Waals surface area contributed by atoms with E-state index in [2.05, 4.69) is 22.8 Å². The summed E-state index contributed by atoms with van der Waals surface area (Å²) in [6.07, 6.45) is 6.72. The normalized spacial score (nSPS) is 19.7. The number of dihydropyridines is 1. The predicted octanol–water partition coefficient (Wildman–Crippen LogP) is 2.35. The molecule has 2 aliphatic heterocycles. The maximum atomic E-state index is 11.9. The third-order valence-corrected chi connectivity index (χ3v) is 6.44. The molecule has 2 aliphatic rings. The van der Waals surface area contributed by atoms with E-state index in [1.54, 1.807) is 19.1 Å². The molecule has 0 unspecified atom stereocenters. The lowest BCUT2D eigenvalue weighted by Crippen LogP contribution is -2.33. The van der Waals surface area contributed by atoms with Crippen LogP contribution in [0.15, 0.2) is 47.0 Å². The molecule has 0 amide bonds. The van der Waals surface area contributed by atoms with E-state index in [0.29, 0.717) is 10.8 Å². The molecule has 0 aromatic heterocycles. The Balaban J connectivity index is 1.75. The van der Waals surface area contributed by atoms with E-state index in [9.17, 15) is 8.42 Å². The SMILES string of the molecule is CCS(=O)(=O)c1ccc(C2=CC=C(C3CCNCC3)NC2)cc1. The van der Waals surface area contributed by atoms with Gasteiger partial charge in [0, 0.05) is 18.2 Å². The van der Waals surface area contributed by atoms with E-state index < -0.39 is 9.84 Å². The van der Waals surface area contributed by atoms with Crippen molar-refractivity contribution >= 4 is 15.4 Å². The van der Waals surface area contributed by atoms with Gasteiger partial charge in [-0.3, -0.25) is 0 Å². The first-order valence-corrected chi connectivity index (χ1v) is 9.94. The first-order chi connectivity index (χ1) is 11.1. The molecule has 2 heterocycles. The van der Waals surface area contributed by atoms with Crippen molar-refractivity contribution in [3.8, 4) is 0 Å². The van der Waals surface area contributed by atoms with Gasteiger partial charge in [0.2, 0.25) is 0 Å². The summed E-state index contributed by atoms with van der Waals surface area (Å²) in [6.45, 7) is 4.65. The summed E-state index contributed by atoms with van der Waals surface area (Å²) in [5.41, 5.74) is 3.61. The van der Waals surface area contributed by atoms with Crippen molar-refractivity contribution < 1.29 is 8.42 Å². The lowest BCUT2D eigenvalue weighted by molar-refractivity contribution is 0.404. The fourth-order valence-electron chi connectivity index (χ4n) is 3.16. The Kier molecular flexibility index (Phi) is 4.87. The minimum Gasteiger partial charge on any atom is -0.384 e. The smallest absolute Gasteiger partial charge is 0.178 e. The molecule has 0 spiro atoms. The first kappa shape index (κ1) is 16.3. The average Bonchev–Trinajstić information content (AvgIpc) is 2.63. The standard InChI is InChI=1S/C18H24N2O2S/c1-2-23(21,22)17-6-3-14(4-7-17)16-5-8-18(20-13-16)15-9-11-19-12-10-15/h3-8,15,19-20H,2,9-13H2,1H3. The van der Waals surface area contributed by atoms with Gasteiger partial charge in [-0.25, -0.2) is 8.42 Å². The van der Waals surface area contributed by atoms with Gasteiger partial charge in [0.1, 0.15) is 0 Å². The summed E-state index contributed by atoms with van der Waals surface area (Å²) in [5, 5.41) is 6.93. The highest BCUT2D eigenvalue weighted by atomic mass is 32.2. The van der Waals surface area contributed by atoms with Gasteiger partial charge in [0.15, 0.2) is 9.84 Å². The van der Waals surface area contributed by atoms with Gasteiger partial charge in [0.05, 0.1) is 10.6 Å². The van der Waals surface area contributed by atoms with Crippen molar-refractivity contribution in [2.24, 2.45) is 5.92 Å². The Morgan fingerprint density at radius 3 is 2.35 bits per heavy atom. The molecule has 0 saturated carbocycles. The summed E-state index contributed by atoms with van der Waals surface area (Å²) in [7, 11) is -3.12. The predicted molar refractivity (Wildman–Crippen MR) is 93.8 cm³/mol. The molecule has 0 atom stereocenters. The van der Waals surface area contributed by atoms with Gasteiger partial charge in [-0.2, -0.15) is 0 Å². The second-order valence-electron chi connectivity index (χ2n) is 6.12. The number of nitrogens with one attached hydrogen (secondary N) is 2. The molecule has 1 saturated heterocycles. The third-order valence-electron chi connectivity index (χ3n) is 4.69. The second kappa shape index (κ2) is 6.89. The van der Waals surface area contributed by atoms with Crippen LogP contribution >= 0.6 is 0 Å². The zero-order valence-corrected chi connectivity index (χ0v) is 14.3. The molecule has 4 nitrogen and oxygen atoms in total. The maximum Gasteiger partial charge on any atom is 0.178 e. The second-order valence-corrected chi connectivity index (χ2v) is 8.40. The van der Waals surface area contributed by atoms with Crippen LogP contribution in [0.5, 0.6) is 0 Å². The summed E-state index contributed by atoms with van der Waals surface area (Å²) in [6, 6.07) is 7.22. The lowest BCUT2D eigenvalue weighted by atomic mass is 9.91. The molecule has 3 rings (SSSR count). The molecule has 0 radical (unpaired) electrons. The van der Waals surface area contributed by atoms with E-state index in [4.69, 9.17) is 0 Å². The van der Waals surface area contributed by atoms with Gasteiger partial charge in [-0.05, 0) is 55.3 Å². The number of hydrogen-bond donors (Lipinski definition) is 2. The third kappa shape index (κ3) is 3.67. The Bertz CT molecular complexity index is 712. The molecule has 124 valence electrons. The van der Waals surface area contributed by atoms with Crippen molar-refractivity contribution in [3.05, 3.63) is 47.7 Å². The van der Waals surface area contributed by atoms with Gasteiger partial charge in [-0.15, -0.1) is 0 Å². The fraction of sp³-hybridized carbons (Fsp3) is 0.444. The molecule has 2 N–H and O–H groups in total. The van der Waals surface area contributed by atoms with E-state index in [-0.39, 0.29) is 5.75 Å². The summed E-state index contributed by atoms with van der Waals surface area (Å²) >= 11 is 0. The quantitative estimate of drug-likeness (QED) is 0.889. The largest absolute Gasteiger partial charge is 0.384 e. The highest BCUT2D eigenvalue weighted by Crippen LogP contribution is 2.25. The molecule has 1 aromatic carbocycles. The molecule has 1 aromatic rings. The number of piperidine rings is 1. The minimum atomic E-state index is -3.12. The Morgan fingerprint density at radius 2 is 1.78 bits per heavy atom. The summed E-state index contributed by atoms with van der Waals surface area (Å²) in [5.74, 6) is 0.769. The number of hydrogen-bond acceptors (Lipinski definition) is 4. The fourth-order valence-corrected chi connectivity index (χ4v) is 4.04. The van der Waals surface area contributed by atoms with E-state index in [1.807, 2.05) is 12.1 Å². The van der Waals surface area contributed by atoms with Crippen LogP contribution in [0.2, 0.25) is 0 Å². The van der Waals surface area contributed by atoms with Crippen LogP contribution < -0.4 is 10.6 Å². The molecular weight excluding hydrogens is 308 g/mol. The summed E-state index contributed by atoms with van der Waals surface area (Å²) < 4.78 is 23.7. The van der Waals surface area contributed by atoms with Crippen LogP contribution in [-0.2, 0) is 9.84 Å². The zero-order valence-electron chi connectivity index (χ0n) is 13.5. The topological polar surface area (TPSA) is 58.2 Å². The Hall–Kier alpha value is -1.59. The summed E-state index contributed by atoms with van der Waals surface area (Å²) in [4.78, 5) is 0.402. The molecule has 0 aliphatic carbocycles. The van der Waals surface area contributed by atoms with Crippen LogP contribution in [0.3, 0.4) is 0 Å². The highest BCUT2D eigenvalue weighted by molar-refractivity contribution is 7.91. The maximum absolute atomic E-state index is 11.9. The highest BCUT2D eigenvalue weighted by Gasteiger charge is 2.19. The molecule has 23 heavy (non-hydrogen) atoms. The number of benzene rings is 1. The van der Waals surface area contributed by atoms with E-state index >= 15 is 0 Å². The van der Waals surface area contributed by atoms with Crippen molar-refractivity contribution in [3.63, 3.8) is 0 Å². The first-order valence-electron chi connectivity index (χ1n) is 8.28. The van der Waals surface area contributed by atoms with Crippen LogP contribution in [0.25, 0.3) is 5.57 Å². The van der Waals surface area contributed by atoms with E-state index in [0.717, 1.165) is 25.2 Å². The number of sulfone groups is 1. The van der Waals surface area contributed by atoms with Crippen molar-refractivity contribution in [2.75, 3.05) is 25.4 Å². The van der Waals surface area contributed by atoms with Crippen LogP contribution in [0, 0.1) is 5.92 Å². The van der Waals surface area contributed by atoms with Gasteiger partial charge < -0.3 is 10.6 Å². The van der Waals surface area contributed by atoms with Gasteiger partial charge in [0.25, 0.3) is 0 Å². The molecule has 5 heteroatoms. The number of allylic oxidation sites excluding steroid dienone is 3. The molecular formula is C18H24N2O2S. The van der Waals surface area contributed by atoms with Crippen LogP contribution in [0.4, 0.5) is 0 Å². The van der Waals surface area contributed by atoms with Crippen molar-refractivity contribution in [1.82, 2.24) is 10.6 Å².